The maximum Gasteiger partial charge on any atom is 0.262 e. The van der Waals surface area contributed by atoms with Crippen LogP contribution in [0.2, 0.25) is 0 Å². The summed E-state index contributed by atoms with van der Waals surface area (Å²) in [6, 6.07) is 21.6. The molecule has 6 rings (SSSR count). The second-order valence-electron chi connectivity index (χ2n) is 14.6. The van der Waals surface area contributed by atoms with E-state index in [1.54, 1.807) is 0 Å². The zero-order valence-electron chi connectivity index (χ0n) is 32.5. The highest BCUT2D eigenvalue weighted by molar-refractivity contribution is 7.31. The predicted octanol–water partition coefficient (Wildman–Crippen LogP) is 18.5. The monoisotopic (exact) mass is 898 g/mol. The lowest BCUT2D eigenvalue weighted by Crippen LogP contribution is -1.86. The standard InChI is InChI=1S/C46H52Cl2O2S6/c1-3-5-7-9-11-13-15-17-19-31-29-41(55-43(31)37-25-21-33(51-37)35-23-27-39(53-35)45(47)49)42-30-32(20-18-16-14-12-10-8-6-4-2)44(56-42)38-26-22-34(52-38)36-24-28-40(54-36)46(48)50/h21-30H,3-20H2,1-2H3. The minimum absolute atomic E-state index is 0.395. The number of thiophene rings is 6. The maximum absolute atomic E-state index is 11.8. The van der Waals surface area contributed by atoms with Crippen LogP contribution in [0.15, 0.2) is 60.7 Å². The molecule has 6 aromatic rings. The van der Waals surface area contributed by atoms with E-state index in [0.29, 0.717) is 9.75 Å². The molecule has 0 aliphatic carbocycles. The summed E-state index contributed by atoms with van der Waals surface area (Å²) in [6.45, 7) is 4.56. The molecule has 10 heteroatoms. The van der Waals surface area contributed by atoms with Gasteiger partial charge in [-0.2, -0.15) is 0 Å². The lowest BCUT2D eigenvalue weighted by Gasteiger charge is -2.03. The molecule has 0 spiro atoms. The van der Waals surface area contributed by atoms with Crippen molar-refractivity contribution in [3.63, 3.8) is 0 Å². The smallest absolute Gasteiger partial charge is 0.262 e. The second kappa shape index (κ2) is 22.5. The van der Waals surface area contributed by atoms with Gasteiger partial charge in [0, 0.05) is 48.8 Å². The Morgan fingerprint density at radius 3 is 1.07 bits per heavy atom. The van der Waals surface area contributed by atoms with Gasteiger partial charge in [-0.15, -0.1) is 68.0 Å². The lowest BCUT2D eigenvalue weighted by atomic mass is 10.0. The number of unbranched alkanes of at least 4 members (excludes halogenated alkanes) is 14. The summed E-state index contributed by atoms with van der Waals surface area (Å²) >= 11 is 22.1. The minimum atomic E-state index is -0.395. The Morgan fingerprint density at radius 1 is 0.393 bits per heavy atom. The number of halogens is 2. The fourth-order valence-corrected chi connectivity index (χ4v) is 14.1. The van der Waals surface area contributed by atoms with E-state index in [2.05, 4.69) is 50.2 Å². The zero-order valence-corrected chi connectivity index (χ0v) is 38.9. The van der Waals surface area contributed by atoms with Crippen molar-refractivity contribution >= 4 is 102 Å². The number of hydrogen-bond donors (Lipinski definition) is 0. The molecule has 0 amide bonds. The van der Waals surface area contributed by atoms with Gasteiger partial charge in [0.2, 0.25) is 0 Å². The highest BCUT2D eigenvalue weighted by Gasteiger charge is 2.21. The van der Waals surface area contributed by atoms with Crippen LogP contribution in [0.25, 0.3) is 48.8 Å². The molecular weight excluding hydrogens is 848 g/mol. The van der Waals surface area contributed by atoms with Crippen molar-refractivity contribution in [2.24, 2.45) is 0 Å². The van der Waals surface area contributed by atoms with Gasteiger partial charge in [-0.25, -0.2) is 0 Å². The minimum Gasteiger partial charge on any atom is -0.275 e. The van der Waals surface area contributed by atoms with Crippen LogP contribution in [-0.4, -0.2) is 10.5 Å². The largest absolute Gasteiger partial charge is 0.275 e. The third-order valence-corrected chi connectivity index (χ3v) is 18.5. The first kappa shape index (κ1) is 43.7. The van der Waals surface area contributed by atoms with E-state index >= 15 is 0 Å². The Bertz CT molecular complexity index is 1990. The first-order valence-corrected chi connectivity index (χ1v) is 26.1. The summed E-state index contributed by atoms with van der Waals surface area (Å²) in [7, 11) is 0. The molecule has 0 saturated carbocycles. The highest BCUT2D eigenvalue weighted by atomic mass is 35.5. The topological polar surface area (TPSA) is 34.1 Å². The Morgan fingerprint density at radius 2 is 0.714 bits per heavy atom. The third-order valence-electron chi connectivity index (χ3n) is 10.2. The summed E-state index contributed by atoms with van der Waals surface area (Å²) < 4.78 is 0. The molecule has 0 bridgehead atoms. The van der Waals surface area contributed by atoms with Crippen molar-refractivity contribution in [3.8, 4) is 48.8 Å². The number of carbonyl (C=O) groups excluding carboxylic acids is 2. The maximum atomic E-state index is 11.8. The molecule has 0 saturated heterocycles. The number of rotatable bonds is 25. The first-order chi connectivity index (χ1) is 27.3. The Kier molecular flexibility index (Phi) is 17.5. The summed E-state index contributed by atoms with van der Waals surface area (Å²) in [4.78, 5) is 37.4. The molecule has 2 nitrogen and oxygen atoms in total. The van der Waals surface area contributed by atoms with Gasteiger partial charge in [-0.05, 0) is 121 Å². The summed E-state index contributed by atoms with van der Waals surface area (Å²) in [5.41, 5.74) is 2.90. The molecule has 0 aliphatic rings. The normalized spacial score (nSPS) is 11.6. The van der Waals surface area contributed by atoms with Gasteiger partial charge < -0.3 is 0 Å². The van der Waals surface area contributed by atoms with E-state index in [9.17, 15) is 9.59 Å². The highest BCUT2D eigenvalue weighted by Crippen LogP contribution is 2.49. The fourth-order valence-electron chi connectivity index (χ4n) is 7.12. The second-order valence-corrected chi connectivity index (χ2v) is 21.7. The molecule has 298 valence electrons. The first-order valence-electron chi connectivity index (χ1n) is 20.4. The molecule has 0 atom stereocenters. The molecule has 0 fully saturated rings. The van der Waals surface area contributed by atoms with Crippen LogP contribution < -0.4 is 0 Å². The van der Waals surface area contributed by atoms with E-state index in [1.807, 2.05) is 69.6 Å². The van der Waals surface area contributed by atoms with Gasteiger partial charge in [0.25, 0.3) is 10.5 Å². The van der Waals surface area contributed by atoms with E-state index in [4.69, 9.17) is 23.2 Å². The summed E-state index contributed by atoms with van der Waals surface area (Å²) in [6.07, 6.45) is 23.2. The Hall–Kier alpha value is -1.88. The van der Waals surface area contributed by atoms with Crippen LogP contribution in [-0.2, 0) is 12.8 Å². The molecule has 0 aromatic carbocycles. The molecule has 6 heterocycles. The van der Waals surface area contributed by atoms with Crippen LogP contribution in [0.5, 0.6) is 0 Å². The zero-order chi connectivity index (χ0) is 39.3. The van der Waals surface area contributed by atoms with E-state index in [0.717, 1.165) is 22.6 Å². The molecular formula is C46H52Cl2O2S6. The van der Waals surface area contributed by atoms with Crippen LogP contribution >= 0.6 is 91.2 Å². The number of hydrogen-bond acceptors (Lipinski definition) is 8. The molecule has 0 radical (unpaired) electrons. The van der Waals surface area contributed by atoms with Crippen LogP contribution in [0.3, 0.4) is 0 Å². The third kappa shape index (κ3) is 12.1. The van der Waals surface area contributed by atoms with Gasteiger partial charge >= 0.3 is 0 Å². The van der Waals surface area contributed by atoms with Gasteiger partial charge in [0.05, 0.1) is 9.75 Å². The SMILES string of the molecule is CCCCCCCCCCc1cc(-c2cc(CCCCCCCCCC)c(-c3ccc(-c4ccc(C(=O)Cl)s4)s3)s2)sc1-c1ccc(-c2ccc(C(=O)Cl)s2)s1. The van der Waals surface area contributed by atoms with Crippen molar-refractivity contribution in [1.29, 1.82) is 0 Å². The van der Waals surface area contributed by atoms with E-state index in [1.165, 1.54) is 176 Å². The number of carbonyl (C=O) groups is 2. The van der Waals surface area contributed by atoms with E-state index in [-0.39, 0.29) is 0 Å². The van der Waals surface area contributed by atoms with Crippen molar-refractivity contribution in [1.82, 2.24) is 0 Å². The van der Waals surface area contributed by atoms with Crippen LogP contribution in [0, 0.1) is 0 Å². The lowest BCUT2D eigenvalue weighted by molar-refractivity contribution is 0.107. The van der Waals surface area contributed by atoms with Crippen LogP contribution in [0.4, 0.5) is 0 Å². The van der Waals surface area contributed by atoms with Crippen molar-refractivity contribution in [2.75, 3.05) is 0 Å². The average molecular weight is 900 g/mol. The van der Waals surface area contributed by atoms with Crippen LogP contribution in [0.1, 0.15) is 147 Å². The van der Waals surface area contributed by atoms with Gasteiger partial charge in [0.15, 0.2) is 0 Å². The van der Waals surface area contributed by atoms with E-state index < -0.39 is 10.5 Å². The summed E-state index contributed by atoms with van der Waals surface area (Å²) in [5, 5.41) is -0.791. The van der Waals surface area contributed by atoms with Gasteiger partial charge in [0.1, 0.15) is 0 Å². The average Bonchev–Trinajstić information content (AvgIpc) is 4.04. The molecule has 0 aliphatic heterocycles. The van der Waals surface area contributed by atoms with Gasteiger partial charge in [-0.1, -0.05) is 104 Å². The molecule has 6 aromatic heterocycles. The van der Waals surface area contributed by atoms with Crippen molar-refractivity contribution in [3.05, 3.63) is 81.5 Å². The molecule has 0 unspecified atom stereocenters. The van der Waals surface area contributed by atoms with Gasteiger partial charge in [-0.3, -0.25) is 9.59 Å². The summed E-state index contributed by atoms with van der Waals surface area (Å²) in [5.74, 6) is 0. The molecule has 0 N–H and O–H groups in total. The van der Waals surface area contributed by atoms with Crippen molar-refractivity contribution in [2.45, 2.75) is 129 Å². The fraction of sp³-hybridized carbons (Fsp3) is 0.435. The molecule has 56 heavy (non-hydrogen) atoms. The van der Waals surface area contributed by atoms with Crippen molar-refractivity contribution < 1.29 is 9.59 Å². The Balaban J connectivity index is 1.27. The quantitative estimate of drug-likeness (QED) is 0.0424. The Labute approximate surface area is 368 Å². The predicted molar refractivity (Wildman–Crippen MR) is 254 cm³/mol. The number of aryl methyl sites for hydroxylation is 2.